The molecule has 0 aliphatic carbocycles. The van der Waals surface area contributed by atoms with Gasteiger partial charge in [-0.2, -0.15) is 37.8 Å². The first-order chi connectivity index (χ1) is 10.1. The normalized spacial score (nSPS) is 12.3. The van der Waals surface area contributed by atoms with Crippen molar-refractivity contribution >= 4 is 28.5 Å². The van der Waals surface area contributed by atoms with E-state index in [-0.39, 0.29) is 10.9 Å². The molecule has 8 heteroatoms. The highest BCUT2D eigenvalue weighted by Crippen LogP contribution is 2.29. The summed E-state index contributed by atoms with van der Waals surface area (Å²) in [5, 5.41) is 0. The van der Waals surface area contributed by atoms with Crippen molar-refractivity contribution in [2.75, 3.05) is 0 Å². The molecule has 0 bridgehead atoms. The van der Waals surface area contributed by atoms with Crippen LogP contribution in [0.3, 0.4) is 0 Å². The number of rotatable bonds is 2. The predicted octanol–water partition coefficient (Wildman–Crippen LogP) is 4.07. The summed E-state index contributed by atoms with van der Waals surface area (Å²) < 4.78 is 76.0. The molecule has 0 saturated carbocycles. The third kappa shape index (κ3) is 3.77. The van der Waals surface area contributed by atoms with Crippen LogP contribution in [-0.2, 0) is 12.4 Å². The molecule has 0 aliphatic rings. The van der Waals surface area contributed by atoms with E-state index in [4.69, 9.17) is 11.5 Å². The van der Waals surface area contributed by atoms with Gasteiger partial charge in [-0.25, -0.2) is 0 Å². The molecule has 0 nitrogen and oxygen atoms in total. The van der Waals surface area contributed by atoms with Crippen molar-refractivity contribution in [3.05, 3.63) is 59.7 Å². The Balaban J connectivity index is 2.38. The zero-order valence-corrected chi connectivity index (χ0v) is 11.6. The summed E-state index contributed by atoms with van der Waals surface area (Å²) >= 11 is 6.04. The first-order valence-corrected chi connectivity index (χ1v) is 6.51. The summed E-state index contributed by atoms with van der Waals surface area (Å²) in [5.41, 5.74) is -1.64. The molecule has 2 aromatic carbocycles. The summed E-state index contributed by atoms with van der Waals surface area (Å²) in [6.07, 6.45) is -10.2. The highest BCUT2D eigenvalue weighted by atomic mass is 35.5. The van der Waals surface area contributed by atoms with Crippen molar-refractivity contribution < 1.29 is 26.3 Å². The number of halogens is 7. The summed E-state index contributed by atoms with van der Waals surface area (Å²) in [5.74, 6) is 0. The van der Waals surface area contributed by atoms with Gasteiger partial charge in [0, 0.05) is 0 Å². The maximum atomic E-state index is 12.7. The molecule has 0 saturated heterocycles. The van der Waals surface area contributed by atoms with E-state index in [9.17, 15) is 26.3 Å². The molecule has 0 radical (unpaired) electrons. The fraction of sp³-hybridized carbons (Fsp3) is 0.143. The van der Waals surface area contributed by atoms with E-state index in [1.54, 1.807) is 0 Å². The van der Waals surface area contributed by atoms with Crippen LogP contribution < -0.4 is 10.9 Å². The maximum Gasteiger partial charge on any atom is 0.416 e. The molecule has 0 amide bonds. The van der Waals surface area contributed by atoms with Crippen molar-refractivity contribution in [2.24, 2.45) is 0 Å². The van der Waals surface area contributed by atoms with Crippen LogP contribution in [0.4, 0.5) is 26.3 Å². The van der Waals surface area contributed by atoms with E-state index in [2.05, 4.69) is 0 Å². The molecule has 116 valence electrons. The van der Waals surface area contributed by atoms with Gasteiger partial charge in [0.2, 0.25) is 0 Å². The zero-order valence-electron chi connectivity index (χ0n) is 10.8. The van der Waals surface area contributed by atoms with Gasteiger partial charge in [-0.1, -0.05) is 59.5 Å². The highest BCUT2D eigenvalue weighted by Gasteiger charge is 2.33. The second kappa shape index (κ2) is 5.87. The SMILES string of the molecule is FC(F)(F)c1cccc(B(Cl)c2cccc(C(F)(F)F)c2)c1. The average molecular weight is 336 g/mol. The Hall–Kier alpha value is -1.63. The molecule has 0 fully saturated rings. The first kappa shape index (κ1) is 16.7. The lowest BCUT2D eigenvalue weighted by Crippen LogP contribution is -2.38. The number of benzene rings is 2. The molecular formula is C14H8BClF6. The van der Waals surface area contributed by atoms with Crippen LogP contribution in [0.2, 0.25) is 0 Å². The van der Waals surface area contributed by atoms with Crippen LogP contribution in [0, 0.1) is 0 Å². The smallest absolute Gasteiger partial charge is 0.182 e. The minimum atomic E-state index is -4.54. The third-order valence-corrected chi connectivity index (χ3v) is 3.52. The molecule has 0 atom stereocenters. The predicted molar refractivity (Wildman–Crippen MR) is 73.8 cm³/mol. The van der Waals surface area contributed by atoms with E-state index in [1.807, 2.05) is 0 Å². The second-order valence-electron chi connectivity index (χ2n) is 4.61. The van der Waals surface area contributed by atoms with E-state index >= 15 is 0 Å². The Morgan fingerprint density at radius 3 is 1.36 bits per heavy atom. The molecule has 0 unspecified atom stereocenters. The first-order valence-electron chi connectivity index (χ1n) is 6.07. The second-order valence-corrected chi connectivity index (χ2v) is 5.05. The Morgan fingerprint density at radius 2 is 1.05 bits per heavy atom. The Labute approximate surface area is 127 Å². The van der Waals surface area contributed by atoms with Crippen LogP contribution in [0.25, 0.3) is 0 Å². The summed E-state index contributed by atoms with van der Waals surface area (Å²) in [6.45, 7) is 0. The van der Waals surface area contributed by atoms with Crippen molar-refractivity contribution in [3.8, 4) is 0 Å². The lowest BCUT2D eigenvalue weighted by molar-refractivity contribution is -0.138. The van der Waals surface area contributed by atoms with Crippen LogP contribution in [0.15, 0.2) is 48.5 Å². The zero-order chi connectivity index (χ0) is 16.5. The molecule has 0 aliphatic heterocycles. The van der Waals surface area contributed by atoms with Gasteiger partial charge in [-0.15, -0.1) is 0 Å². The minimum Gasteiger partial charge on any atom is -0.182 e. The fourth-order valence-corrected chi connectivity index (χ4v) is 2.21. The lowest BCUT2D eigenvalue weighted by Gasteiger charge is -2.13. The van der Waals surface area contributed by atoms with E-state index in [0.29, 0.717) is 0 Å². The molecule has 2 rings (SSSR count). The summed E-state index contributed by atoms with van der Waals surface area (Å²) in [4.78, 5) is 0. The van der Waals surface area contributed by atoms with Gasteiger partial charge in [0.05, 0.1) is 11.1 Å². The van der Waals surface area contributed by atoms with Crippen LogP contribution >= 0.6 is 11.5 Å². The molecule has 0 N–H and O–H groups in total. The van der Waals surface area contributed by atoms with Crippen LogP contribution in [-0.4, -0.2) is 6.13 Å². The molecule has 0 spiro atoms. The summed E-state index contributed by atoms with van der Waals surface area (Å²) in [6, 6.07) is 8.43. The Morgan fingerprint density at radius 1 is 0.682 bits per heavy atom. The lowest BCUT2D eigenvalue weighted by atomic mass is 9.61. The van der Waals surface area contributed by atoms with Gasteiger partial charge < -0.3 is 0 Å². The van der Waals surface area contributed by atoms with Gasteiger partial charge in [-0.05, 0) is 0 Å². The molecule has 2 aromatic rings. The van der Waals surface area contributed by atoms with Gasteiger partial charge in [-0.3, -0.25) is 0 Å². The van der Waals surface area contributed by atoms with Gasteiger partial charge in [0.1, 0.15) is 0 Å². The van der Waals surface area contributed by atoms with Gasteiger partial charge >= 0.3 is 18.5 Å². The quantitative estimate of drug-likeness (QED) is 0.573. The van der Waals surface area contributed by atoms with Gasteiger partial charge in [0.25, 0.3) is 0 Å². The highest BCUT2D eigenvalue weighted by molar-refractivity contribution is 7.21. The number of hydrogen-bond acceptors (Lipinski definition) is 0. The number of hydrogen-bond donors (Lipinski definition) is 0. The van der Waals surface area contributed by atoms with Crippen molar-refractivity contribution in [3.63, 3.8) is 0 Å². The largest absolute Gasteiger partial charge is 0.416 e. The average Bonchev–Trinajstić information content (AvgIpc) is 2.45. The van der Waals surface area contributed by atoms with Crippen molar-refractivity contribution in [1.82, 2.24) is 0 Å². The van der Waals surface area contributed by atoms with Crippen molar-refractivity contribution in [2.45, 2.75) is 12.4 Å². The molecular weight excluding hydrogens is 328 g/mol. The standard InChI is InChI=1S/C14H8BClF6/c16-15(11-5-1-3-9(7-11)13(17,18)19)12-6-2-4-10(8-12)14(20,21)22/h1-8H. The minimum absolute atomic E-state index is 0.0795. The molecule has 0 heterocycles. The van der Waals surface area contributed by atoms with E-state index < -0.39 is 29.6 Å². The topological polar surface area (TPSA) is 0 Å². The monoisotopic (exact) mass is 336 g/mol. The van der Waals surface area contributed by atoms with Crippen LogP contribution in [0.1, 0.15) is 11.1 Å². The Kier molecular flexibility index (Phi) is 4.47. The van der Waals surface area contributed by atoms with Gasteiger partial charge in [0.15, 0.2) is 0 Å². The molecule has 22 heavy (non-hydrogen) atoms. The van der Waals surface area contributed by atoms with Crippen molar-refractivity contribution in [1.29, 1.82) is 0 Å². The number of alkyl halides is 6. The van der Waals surface area contributed by atoms with Crippen LogP contribution in [0.5, 0.6) is 0 Å². The summed E-state index contributed by atoms with van der Waals surface area (Å²) in [7, 11) is 0. The Bertz CT molecular complexity index is 607. The van der Waals surface area contributed by atoms with E-state index in [0.717, 1.165) is 24.3 Å². The van der Waals surface area contributed by atoms with E-state index in [1.165, 1.54) is 24.3 Å². The third-order valence-electron chi connectivity index (χ3n) is 3.01. The maximum absolute atomic E-state index is 12.7. The fourth-order valence-electron chi connectivity index (χ4n) is 1.94. The molecule has 0 aromatic heterocycles.